The molecule has 176 valence electrons. The fraction of sp³-hybridized carbons (Fsp3) is 0.300. The van der Waals surface area contributed by atoms with Crippen molar-refractivity contribution in [3.8, 4) is 28.1 Å². The highest BCUT2D eigenvalue weighted by atomic mass is 31.0. The smallest absolute Gasteiger partial charge is 0.131 e. The summed E-state index contributed by atoms with van der Waals surface area (Å²) in [7, 11) is 2.72. The van der Waals surface area contributed by atoms with Gasteiger partial charge in [-0.15, -0.1) is 9.24 Å². The van der Waals surface area contributed by atoms with Crippen molar-refractivity contribution in [2.45, 2.75) is 52.4 Å². The van der Waals surface area contributed by atoms with Crippen molar-refractivity contribution in [3.63, 3.8) is 0 Å². The summed E-state index contributed by atoms with van der Waals surface area (Å²) in [4.78, 5) is 4.77. The molecule has 2 nitrogen and oxygen atoms in total. The molecule has 34 heavy (non-hydrogen) atoms. The monoisotopic (exact) mass is 473 g/mol. The van der Waals surface area contributed by atoms with Gasteiger partial charge in [-0.05, 0) is 66.2 Å². The molecule has 0 aliphatic rings. The molecule has 1 atom stereocenters. The Morgan fingerprint density at radius 3 is 2.32 bits per heavy atom. The van der Waals surface area contributed by atoms with E-state index in [9.17, 15) is 0 Å². The van der Waals surface area contributed by atoms with Crippen LogP contribution in [0.2, 0.25) is 0 Å². The molecule has 4 rings (SSSR count). The predicted octanol–water partition coefficient (Wildman–Crippen LogP) is 8.26. The zero-order chi connectivity index (χ0) is 23.9. The van der Waals surface area contributed by atoms with Crippen LogP contribution in [0.4, 0.5) is 4.39 Å². The van der Waals surface area contributed by atoms with Crippen LogP contribution in [0.3, 0.4) is 0 Å². The van der Waals surface area contributed by atoms with Crippen LogP contribution in [0, 0.1) is 12.7 Å². The van der Waals surface area contributed by atoms with Crippen molar-refractivity contribution in [1.82, 2.24) is 4.98 Å². The Labute approximate surface area is 204 Å². The van der Waals surface area contributed by atoms with Gasteiger partial charge in [-0.1, -0.05) is 69.4 Å². The molecule has 1 unspecified atom stereocenters. The molecule has 0 saturated carbocycles. The quantitative estimate of drug-likeness (QED) is 0.171. The van der Waals surface area contributed by atoms with Gasteiger partial charge in [-0.2, -0.15) is 0 Å². The number of ether oxygens (including phenoxy) is 1. The second kappa shape index (κ2) is 11.6. The summed E-state index contributed by atoms with van der Waals surface area (Å²) in [6.45, 7) is 5.03. The summed E-state index contributed by atoms with van der Waals surface area (Å²) in [6.07, 6.45) is 7.45. The lowest BCUT2D eigenvalue weighted by molar-refractivity contribution is 0.304. The van der Waals surface area contributed by atoms with E-state index in [1.165, 1.54) is 32.1 Å². The first-order valence-corrected chi connectivity index (χ1v) is 12.8. The minimum Gasteiger partial charge on any atom is -0.494 e. The van der Waals surface area contributed by atoms with Crippen LogP contribution < -0.4 is 10.0 Å². The van der Waals surface area contributed by atoms with E-state index in [1.54, 1.807) is 6.07 Å². The molecule has 0 fully saturated rings. The second-order valence-corrected chi connectivity index (χ2v) is 9.60. The van der Waals surface area contributed by atoms with Crippen molar-refractivity contribution in [3.05, 3.63) is 78.1 Å². The largest absolute Gasteiger partial charge is 0.494 e. The third-order valence-electron chi connectivity index (χ3n) is 6.24. The summed E-state index contributed by atoms with van der Waals surface area (Å²) in [5, 5.41) is 2.24. The van der Waals surface area contributed by atoms with Crippen LogP contribution >= 0.6 is 9.24 Å². The van der Waals surface area contributed by atoms with Crippen LogP contribution in [0.15, 0.2) is 66.7 Å². The molecule has 0 amide bonds. The highest BCUT2D eigenvalue weighted by Gasteiger charge is 2.11. The number of aromatic nitrogens is 1. The van der Waals surface area contributed by atoms with Gasteiger partial charge in [0.15, 0.2) is 0 Å². The van der Waals surface area contributed by atoms with Crippen molar-refractivity contribution in [1.29, 1.82) is 0 Å². The van der Waals surface area contributed by atoms with Crippen molar-refractivity contribution >= 4 is 25.4 Å². The van der Waals surface area contributed by atoms with Crippen LogP contribution in [-0.4, -0.2) is 11.6 Å². The number of aryl methyl sites for hydroxylation is 1. The fourth-order valence-electron chi connectivity index (χ4n) is 4.27. The van der Waals surface area contributed by atoms with Gasteiger partial charge in [0.2, 0.25) is 0 Å². The predicted molar refractivity (Wildman–Crippen MR) is 146 cm³/mol. The van der Waals surface area contributed by atoms with Gasteiger partial charge >= 0.3 is 0 Å². The molecule has 0 spiro atoms. The summed E-state index contributed by atoms with van der Waals surface area (Å²) in [5.41, 5.74) is 5.03. The highest BCUT2D eigenvalue weighted by Crippen LogP contribution is 2.30. The third kappa shape index (κ3) is 6.02. The first kappa shape index (κ1) is 24.4. The molecule has 0 saturated heterocycles. The Kier molecular flexibility index (Phi) is 8.29. The van der Waals surface area contributed by atoms with E-state index in [0.717, 1.165) is 57.4 Å². The van der Waals surface area contributed by atoms with Crippen LogP contribution in [0.25, 0.3) is 33.3 Å². The molecule has 3 aromatic carbocycles. The maximum atomic E-state index is 15.1. The van der Waals surface area contributed by atoms with Crippen LogP contribution in [-0.2, 0) is 0 Å². The SMILES string of the molecule is CCCCCCCCOc1ccc(-c2ccc(-c3cc(C)c4cc(P)ccc4n3)cc2F)cc1. The normalized spacial score (nSPS) is 11.2. The molecule has 0 aliphatic heterocycles. The maximum Gasteiger partial charge on any atom is 0.131 e. The molecule has 4 heteroatoms. The lowest BCUT2D eigenvalue weighted by Crippen LogP contribution is -1.97. The van der Waals surface area contributed by atoms with Gasteiger partial charge in [-0.25, -0.2) is 9.37 Å². The van der Waals surface area contributed by atoms with E-state index in [1.807, 2.05) is 54.6 Å². The molecular weight excluding hydrogens is 440 g/mol. The maximum absolute atomic E-state index is 15.1. The van der Waals surface area contributed by atoms with Crippen molar-refractivity contribution in [2.75, 3.05) is 6.61 Å². The van der Waals surface area contributed by atoms with Gasteiger partial charge in [0.25, 0.3) is 0 Å². The number of benzene rings is 3. The van der Waals surface area contributed by atoms with Gasteiger partial charge in [0.05, 0.1) is 17.8 Å². The molecular formula is C30H33FNOP. The first-order valence-electron chi connectivity index (χ1n) is 12.2. The molecule has 0 aliphatic carbocycles. The lowest BCUT2D eigenvalue weighted by atomic mass is 10.0. The minimum absolute atomic E-state index is 0.252. The lowest BCUT2D eigenvalue weighted by Gasteiger charge is -2.10. The number of unbranched alkanes of at least 4 members (excludes halogenated alkanes) is 5. The summed E-state index contributed by atoms with van der Waals surface area (Å²) >= 11 is 0. The molecule has 0 N–H and O–H groups in total. The van der Waals surface area contributed by atoms with E-state index < -0.39 is 0 Å². The molecule has 1 heterocycles. The topological polar surface area (TPSA) is 22.1 Å². The summed E-state index contributed by atoms with van der Waals surface area (Å²) in [5.74, 6) is 0.580. The molecule has 0 bridgehead atoms. The standard InChI is InChI=1S/C30H33FNOP/c1-3-4-5-6-7-8-17-33-24-12-9-22(10-13-24)26-15-11-23(19-28(26)31)30-18-21(2)27-20-25(34)14-16-29(27)32-30/h9-16,18-20H,3-8,17,34H2,1-2H3. The Balaban J connectivity index is 1.43. The number of hydrogen-bond donors (Lipinski definition) is 0. The van der Waals surface area contributed by atoms with E-state index in [-0.39, 0.29) is 5.82 Å². The fourth-order valence-corrected chi connectivity index (χ4v) is 4.53. The zero-order valence-electron chi connectivity index (χ0n) is 20.1. The minimum atomic E-state index is -0.252. The number of rotatable bonds is 10. The van der Waals surface area contributed by atoms with E-state index in [0.29, 0.717) is 5.56 Å². The first-order chi connectivity index (χ1) is 16.5. The Bertz CT molecular complexity index is 1250. The Morgan fingerprint density at radius 2 is 1.56 bits per heavy atom. The second-order valence-electron chi connectivity index (χ2n) is 8.94. The zero-order valence-corrected chi connectivity index (χ0v) is 21.3. The van der Waals surface area contributed by atoms with E-state index >= 15 is 4.39 Å². The van der Waals surface area contributed by atoms with Crippen molar-refractivity contribution in [2.24, 2.45) is 0 Å². The molecule has 0 radical (unpaired) electrons. The van der Waals surface area contributed by atoms with E-state index in [4.69, 9.17) is 9.72 Å². The number of fused-ring (bicyclic) bond motifs is 1. The summed E-state index contributed by atoms with van der Waals surface area (Å²) < 4.78 is 21.0. The van der Waals surface area contributed by atoms with Crippen molar-refractivity contribution < 1.29 is 9.13 Å². The highest BCUT2D eigenvalue weighted by molar-refractivity contribution is 7.27. The molecule has 4 aromatic rings. The van der Waals surface area contributed by atoms with Gasteiger partial charge in [0, 0.05) is 16.5 Å². The number of hydrogen-bond acceptors (Lipinski definition) is 2. The van der Waals surface area contributed by atoms with Gasteiger partial charge in [-0.3, -0.25) is 0 Å². The summed E-state index contributed by atoms with van der Waals surface area (Å²) in [6, 6.07) is 21.2. The van der Waals surface area contributed by atoms with Gasteiger partial charge < -0.3 is 4.74 Å². The van der Waals surface area contributed by atoms with Crippen LogP contribution in [0.1, 0.15) is 51.0 Å². The average Bonchev–Trinajstić information content (AvgIpc) is 2.84. The average molecular weight is 474 g/mol. The van der Waals surface area contributed by atoms with Crippen LogP contribution in [0.5, 0.6) is 5.75 Å². The third-order valence-corrected chi connectivity index (χ3v) is 6.60. The Morgan fingerprint density at radius 1 is 0.824 bits per heavy atom. The number of halogens is 1. The van der Waals surface area contributed by atoms with Gasteiger partial charge in [0.1, 0.15) is 11.6 Å². The molecule has 1 aromatic heterocycles. The Hall–Kier alpha value is -2.77. The number of pyridine rings is 1. The number of nitrogens with zero attached hydrogens (tertiary/aromatic N) is 1. The van der Waals surface area contributed by atoms with E-state index in [2.05, 4.69) is 29.2 Å².